The van der Waals surface area contributed by atoms with Gasteiger partial charge in [-0.2, -0.15) is 0 Å². The van der Waals surface area contributed by atoms with Gasteiger partial charge in [0.1, 0.15) is 0 Å². The maximum atomic E-state index is 11.9. The molecule has 1 heterocycles. The molecule has 17 heavy (non-hydrogen) atoms. The van der Waals surface area contributed by atoms with Gasteiger partial charge in [0, 0.05) is 19.1 Å². The third-order valence-corrected chi connectivity index (χ3v) is 4.05. The van der Waals surface area contributed by atoms with E-state index in [0.29, 0.717) is 25.8 Å². The van der Waals surface area contributed by atoms with Crippen molar-refractivity contribution in [1.82, 2.24) is 10.2 Å². The van der Waals surface area contributed by atoms with E-state index >= 15 is 0 Å². The van der Waals surface area contributed by atoms with Crippen molar-refractivity contribution < 1.29 is 9.53 Å². The van der Waals surface area contributed by atoms with Gasteiger partial charge in [-0.25, -0.2) is 0 Å². The van der Waals surface area contributed by atoms with Crippen LogP contribution in [0, 0.1) is 5.92 Å². The Morgan fingerprint density at radius 1 is 1.35 bits per heavy atom. The Balaban J connectivity index is 1.67. The van der Waals surface area contributed by atoms with Gasteiger partial charge < -0.3 is 15.0 Å². The highest BCUT2D eigenvalue weighted by Gasteiger charge is 2.23. The number of hydrogen-bond acceptors (Lipinski definition) is 3. The molecular weight excluding hydrogens is 216 g/mol. The lowest BCUT2D eigenvalue weighted by molar-refractivity contribution is -0.134. The summed E-state index contributed by atoms with van der Waals surface area (Å²) in [6.07, 6.45) is 5.35. The van der Waals surface area contributed by atoms with E-state index in [9.17, 15) is 4.79 Å². The molecule has 2 aliphatic rings. The molecule has 1 N–H and O–H groups in total. The summed E-state index contributed by atoms with van der Waals surface area (Å²) in [5.74, 6) is 0.991. The lowest BCUT2D eigenvalue weighted by Crippen LogP contribution is -2.46. The first-order valence-corrected chi connectivity index (χ1v) is 6.86. The summed E-state index contributed by atoms with van der Waals surface area (Å²) in [5.41, 5.74) is 0. The molecule has 0 spiro atoms. The highest BCUT2D eigenvalue weighted by Crippen LogP contribution is 2.27. The van der Waals surface area contributed by atoms with Crippen molar-refractivity contribution in [1.29, 1.82) is 0 Å². The highest BCUT2D eigenvalue weighted by molar-refractivity contribution is 5.78. The van der Waals surface area contributed by atoms with Crippen LogP contribution in [0.3, 0.4) is 0 Å². The fourth-order valence-electron chi connectivity index (χ4n) is 2.80. The van der Waals surface area contributed by atoms with Crippen molar-refractivity contribution in [2.75, 3.05) is 32.8 Å². The molecule has 0 aromatic heterocycles. The maximum absolute atomic E-state index is 11.9. The van der Waals surface area contributed by atoms with E-state index in [-0.39, 0.29) is 5.91 Å². The molecule has 0 radical (unpaired) electrons. The zero-order valence-electron chi connectivity index (χ0n) is 10.8. The summed E-state index contributed by atoms with van der Waals surface area (Å²) >= 11 is 0. The molecule has 4 heteroatoms. The number of rotatable bonds is 4. The Kier molecular flexibility index (Phi) is 4.80. The monoisotopic (exact) mass is 240 g/mol. The minimum absolute atomic E-state index is 0.221. The number of carbonyl (C=O) groups excluding carboxylic acids is 1. The van der Waals surface area contributed by atoms with Crippen LogP contribution >= 0.6 is 0 Å². The van der Waals surface area contributed by atoms with Crippen LogP contribution in [0.15, 0.2) is 0 Å². The molecule has 0 aromatic carbocycles. The summed E-state index contributed by atoms with van der Waals surface area (Å²) in [7, 11) is 0. The van der Waals surface area contributed by atoms with Gasteiger partial charge in [0.2, 0.25) is 5.91 Å². The van der Waals surface area contributed by atoms with Crippen LogP contribution in [-0.4, -0.2) is 49.7 Å². The summed E-state index contributed by atoms with van der Waals surface area (Å²) in [6, 6.07) is 0.475. The van der Waals surface area contributed by atoms with Gasteiger partial charge in [-0.15, -0.1) is 0 Å². The van der Waals surface area contributed by atoms with Crippen molar-refractivity contribution in [2.24, 2.45) is 5.92 Å². The molecule has 1 saturated carbocycles. The highest BCUT2D eigenvalue weighted by atomic mass is 16.5. The van der Waals surface area contributed by atoms with E-state index in [2.05, 4.69) is 12.2 Å². The quantitative estimate of drug-likeness (QED) is 0.797. The second-order valence-corrected chi connectivity index (χ2v) is 5.21. The van der Waals surface area contributed by atoms with Crippen molar-refractivity contribution in [3.63, 3.8) is 0 Å². The number of hydrogen-bond donors (Lipinski definition) is 1. The second-order valence-electron chi connectivity index (χ2n) is 5.21. The molecule has 0 bridgehead atoms. The van der Waals surface area contributed by atoms with Crippen LogP contribution in [0.2, 0.25) is 0 Å². The number of morpholine rings is 1. The van der Waals surface area contributed by atoms with Crippen LogP contribution in [0.1, 0.15) is 32.6 Å². The number of carbonyl (C=O) groups is 1. The Hall–Kier alpha value is -0.610. The Morgan fingerprint density at radius 2 is 2.00 bits per heavy atom. The first-order chi connectivity index (χ1) is 8.27. The van der Waals surface area contributed by atoms with Gasteiger partial charge >= 0.3 is 0 Å². The zero-order valence-corrected chi connectivity index (χ0v) is 10.8. The fourth-order valence-corrected chi connectivity index (χ4v) is 2.80. The Labute approximate surface area is 104 Å². The van der Waals surface area contributed by atoms with Gasteiger partial charge in [0.05, 0.1) is 19.8 Å². The number of nitrogens with one attached hydrogen (secondary N) is 1. The lowest BCUT2D eigenvalue weighted by atomic mass is 10.00. The molecule has 1 amide bonds. The SMILES string of the molecule is C[C@@H](NCC(=O)N1CCOCC1)C1CCCC1. The average molecular weight is 240 g/mol. The predicted molar refractivity (Wildman–Crippen MR) is 66.8 cm³/mol. The third-order valence-electron chi connectivity index (χ3n) is 4.05. The molecule has 1 saturated heterocycles. The molecule has 1 atom stereocenters. The lowest BCUT2D eigenvalue weighted by Gasteiger charge is -2.28. The number of amides is 1. The van der Waals surface area contributed by atoms with Gasteiger partial charge in [0.15, 0.2) is 0 Å². The van der Waals surface area contributed by atoms with Crippen LogP contribution in [0.4, 0.5) is 0 Å². The number of nitrogens with zero attached hydrogens (tertiary/aromatic N) is 1. The topological polar surface area (TPSA) is 41.6 Å². The Bertz CT molecular complexity index is 246. The van der Waals surface area contributed by atoms with Crippen LogP contribution in [0.25, 0.3) is 0 Å². The second kappa shape index (κ2) is 6.36. The zero-order chi connectivity index (χ0) is 12.1. The first-order valence-electron chi connectivity index (χ1n) is 6.86. The van der Waals surface area contributed by atoms with Crippen molar-refractivity contribution in [3.8, 4) is 0 Å². The summed E-state index contributed by atoms with van der Waals surface area (Å²) in [5, 5.41) is 3.39. The molecule has 0 unspecified atom stereocenters. The fraction of sp³-hybridized carbons (Fsp3) is 0.923. The number of ether oxygens (including phenoxy) is 1. The molecule has 0 aromatic rings. The van der Waals surface area contributed by atoms with E-state index < -0.39 is 0 Å². The van der Waals surface area contributed by atoms with E-state index in [1.54, 1.807) is 0 Å². The van der Waals surface area contributed by atoms with Crippen molar-refractivity contribution >= 4 is 5.91 Å². The van der Waals surface area contributed by atoms with E-state index in [1.807, 2.05) is 4.90 Å². The van der Waals surface area contributed by atoms with Gasteiger partial charge in [-0.1, -0.05) is 12.8 Å². The summed E-state index contributed by atoms with van der Waals surface area (Å²) in [4.78, 5) is 13.8. The maximum Gasteiger partial charge on any atom is 0.236 e. The molecule has 1 aliphatic heterocycles. The van der Waals surface area contributed by atoms with E-state index in [4.69, 9.17) is 4.74 Å². The molecule has 2 fully saturated rings. The van der Waals surface area contributed by atoms with E-state index in [1.165, 1.54) is 25.7 Å². The first kappa shape index (κ1) is 12.8. The van der Waals surface area contributed by atoms with Crippen molar-refractivity contribution in [2.45, 2.75) is 38.6 Å². The minimum atomic E-state index is 0.221. The van der Waals surface area contributed by atoms with Crippen LogP contribution < -0.4 is 5.32 Å². The molecular formula is C13H24N2O2. The molecule has 98 valence electrons. The van der Waals surface area contributed by atoms with Gasteiger partial charge in [-0.3, -0.25) is 4.79 Å². The van der Waals surface area contributed by atoms with Gasteiger partial charge in [0.25, 0.3) is 0 Å². The average Bonchev–Trinajstić information content (AvgIpc) is 2.90. The normalized spacial score (nSPS) is 23.9. The molecule has 4 nitrogen and oxygen atoms in total. The molecule has 2 rings (SSSR count). The van der Waals surface area contributed by atoms with E-state index in [0.717, 1.165) is 19.0 Å². The van der Waals surface area contributed by atoms with Crippen molar-refractivity contribution in [3.05, 3.63) is 0 Å². The minimum Gasteiger partial charge on any atom is -0.378 e. The summed E-state index contributed by atoms with van der Waals surface area (Å²) < 4.78 is 5.24. The molecule has 1 aliphatic carbocycles. The third kappa shape index (κ3) is 3.68. The predicted octanol–water partition coefficient (Wildman–Crippen LogP) is 1.01. The van der Waals surface area contributed by atoms with Crippen LogP contribution in [-0.2, 0) is 9.53 Å². The van der Waals surface area contributed by atoms with Crippen LogP contribution in [0.5, 0.6) is 0 Å². The van der Waals surface area contributed by atoms with Gasteiger partial charge in [-0.05, 0) is 25.7 Å². The Morgan fingerprint density at radius 3 is 2.65 bits per heavy atom. The standard InChI is InChI=1S/C13H24N2O2/c1-11(12-4-2-3-5-12)14-10-13(16)15-6-8-17-9-7-15/h11-12,14H,2-10H2,1H3/t11-/m1/s1. The summed E-state index contributed by atoms with van der Waals surface area (Å²) in [6.45, 7) is 5.56. The largest absolute Gasteiger partial charge is 0.378 e. The smallest absolute Gasteiger partial charge is 0.236 e.